The molecule has 1 aliphatic heterocycles. The van der Waals surface area contributed by atoms with E-state index in [1.807, 2.05) is 18.2 Å². The zero-order valence-electron chi connectivity index (χ0n) is 17.7. The van der Waals surface area contributed by atoms with Crippen molar-refractivity contribution in [3.8, 4) is 0 Å². The quantitative estimate of drug-likeness (QED) is 0.208. The Morgan fingerprint density at radius 3 is 2.52 bits per heavy atom. The van der Waals surface area contributed by atoms with Gasteiger partial charge in [-0.25, -0.2) is 9.88 Å². The number of anilines is 1. The van der Waals surface area contributed by atoms with Gasteiger partial charge in [-0.05, 0) is 52.8 Å². The summed E-state index contributed by atoms with van der Waals surface area (Å²) in [5.41, 5.74) is 2.88. The maximum Gasteiger partial charge on any atom is 0.238 e. The maximum atomic E-state index is 13.2. The van der Waals surface area contributed by atoms with Crippen LogP contribution in [-0.4, -0.2) is 16.8 Å². The zero-order valence-corrected chi connectivity index (χ0v) is 19.3. The average Bonchev–Trinajstić information content (AvgIpc) is 3.60. The summed E-state index contributed by atoms with van der Waals surface area (Å²) in [6.07, 6.45) is 5.21. The number of nitrogens with zero attached hydrogens (tertiary/aromatic N) is 2. The molecule has 4 nitrogen and oxygen atoms in total. The fraction of sp³-hybridized carbons (Fsp3) is 0.222. The summed E-state index contributed by atoms with van der Waals surface area (Å²) < 4.78 is 2.00. The molecule has 1 saturated heterocycles. The molecule has 1 saturated carbocycles. The second-order valence-corrected chi connectivity index (χ2v) is 11.3. The van der Waals surface area contributed by atoms with Crippen LogP contribution < -0.4 is 4.90 Å². The van der Waals surface area contributed by atoms with Crippen molar-refractivity contribution in [3.63, 3.8) is 0 Å². The molecule has 162 valence electrons. The van der Waals surface area contributed by atoms with E-state index >= 15 is 0 Å². The SMILES string of the molecule is O=C1[C@@H]2[C@H](C(=O)N1c1ccc3nc(SCc4cccc5ccccc45)sc3c1)[C@H]1C=C[C@H]2C1. The summed E-state index contributed by atoms with van der Waals surface area (Å²) in [6, 6.07) is 20.6. The molecule has 6 heteroatoms. The van der Waals surface area contributed by atoms with Crippen molar-refractivity contribution in [3.05, 3.63) is 78.4 Å². The highest BCUT2D eigenvalue weighted by Crippen LogP contribution is 2.53. The molecule has 4 atom stereocenters. The van der Waals surface area contributed by atoms with Gasteiger partial charge in [-0.15, -0.1) is 11.3 Å². The molecule has 2 heterocycles. The van der Waals surface area contributed by atoms with E-state index in [4.69, 9.17) is 4.98 Å². The Labute approximate surface area is 199 Å². The molecule has 0 radical (unpaired) electrons. The van der Waals surface area contributed by atoms with E-state index in [-0.39, 0.29) is 35.5 Å². The van der Waals surface area contributed by atoms with Crippen molar-refractivity contribution in [2.24, 2.45) is 23.7 Å². The minimum atomic E-state index is -0.170. The second kappa shape index (κ2) is 7.27. The van der Waals surface area contributed by atoms with E-state index in [1.165, 1.54) is 21.2 Å². The van der Waals surface area contributed by atoms with Gasteiger partial charge in [0.25, 0.3) is 0 Å². The lowest BCUT2D eigenvalue weighted by atomic mass is 9.85. The molecule has 2 amide bonds. The van der Waals surface area contributed by atoms with Crippen LogP contribution in [0.1, 0.15) is 12.0 Å². The lowest BCUT2D eigenvalue weighted by molar-refractivity contribution is -0.123. The predicted octanol–water partition coefficient (Wildman–Crippen LogP) is 6.05. The summed E-state index contributed by atoms with van der Waals surface area (Å²) in [5.74, 6) is 0.896. The van der Waals surface area contributed by atoms with Gasteiger partial charge in [-0.3, -0.25) is 9.59 Å². The first-order valence-corrected chi connectivity index (χ1v) is 13.0. The van der Waals surface area contributed by atoms with Crippen molar-refractivity contribution in [1.82, 2.24) is 4.98 Å². The highest BCUT2D eigenvalue weighted by Gasteiger charge is 2.59. The molecule has 33 heavy (non-hydrogen) atoms. The lowest BCUT2D eigenvalue weighted by Crippen LogP contribution is -2.32. The molecule has 4 aromatic rings. The largest absolute Gasteiger partial charge is 0.274 e. The summed E-state index contributed by atoms with van der Waals surface area (Å²) >= 11 is 3.35. The Bertz CT molecular complexity index is 1450. The Kier molecular flexibility index (Phi) is 4.30. The molecule has 1 aromatic heterocycles. The second-order valence-electron chi connectivity index (χ2n) is 9.07. The van der Waals surface area contributed by atoms with Gasteiger partial charge in [0.1, 0.15) is 0 Å². The molecule has 0 N–H and O–H groups in total. The molecule has 3 aliphatic rings. The number of carbonyl (C=O) groups excluding carboxylic acids is 2. The van der Waals surface area contributed by atoms with Gasteiger partial charge in [-0.2, -0.15) is 0 Å². The molecule has 2 bridgehead atoms. The number of hydrogen-bond acceptors (Lipinski definition) is 5. The maximum absolute atomic E-state index is 13.2. The Morgan fingerprint density at radius 2 is 1.70 bits per heavy atom. The van der Waals surface area contributed by atoms with Crippen LogP contribution in [0.15, 0.2) is 77.2 Å². The predicted molar refractivity (Wildman–Crippen MR) is 133 cm³/mol. The van der Waals surface area contributed by atoms with Gasteiger partial charge >= 0.3 is 0 Å². The molecular formula is C27H20N2O2S2. The number of aromatic nitrogens is 1. The van der Waals surface area contributed by atoms with Crippen LogP contribution in [0.4, 0.5) is 5.69 Å². The summed E-state index contributed by atoms with van der Waals surface area (Å²) in [4.78, 5) is 32.5. The first kappa shape index (κ1) is 19.5. The number of benzene rings is 3. The number of carbonyl (C=O) groups is 2. The Morgan fingerprint density at radius 1 is 0.939 bits per heavy atom. The van der Waals surface area contributed by atoms with Gasteiger partial charge in [-0.1, -0.05) is 66.4 Å². The van der Waals surface area contributed by atoms with E-state index < -0.39 is 0 Å². The summed E-state index contributed by atoms with van der Waals surface area (Å²) in [6.45, 7) is 0. The molecule has 3 aromatic carbocycles. The normalized spacial score (nSPS) is 25.6. The summed E-state index contributed by atoms with van der Waals surface area (Å²) in [5, 5.41) is 2.52. The molecule has 2 aliphatic carbocycles. The number of allylic oxidation sites excluding steroid dienone is 2. The number of hydrogen-bond donors (Lipinski definition) is 0. The summed E-state index contributed by atoms with van der Waals surface area (Å²) in [7, 11) is 0. The highest BCUT2D eigenvalue weighted by molar-refractivity contribution is 8.00. The van der Waals surface area contributed by atoms with Crippen LogP contribution in [0.25, 0.3) is 21.0 Å². The fourth-order valence-corrected chi connectivity index (χ4v) is 7.91. The van der Waals surface area contributed by atoms with Gasteiger partial charge in [0.2, 0.25) is 11.8 Å². The third-order valence-corrected chi connectivity index (χ3v) is 9.52. The highest BCUT2D eigenvalue weighted by atomic mass is 32.2. The minimum Gasteiger partial charge on any atom is -0.274 e. The van der Waals surface area contributed by atoms with Crippen molar-refractivity contribution in [2.75, 3.05) is 4.90 Å². The van der Waals surface area contributed by atoms with Gasteiger partial charge in [0, 0.05) is 5.75 Å². The molecule has 2 fully saturated rings. The van der Waals surface area contributed by atoms with E-state index in [0.29, 0.717) is 5.69 Å². The van der Waals surface area contributed by atoms with Gasteiger partial charge in [0.05, 0.1) is 27.7 Å². The van der Waals surface area contributed by atoms with E-state index in [2.05, 4.69) is 54.6 Å². The van der Waals surface area contributed by atoms with Gasteiger partial charge in [0.15, 0.2) is 4.34 Å². The Balaban J connectivity index is 1.16. The molecular weight excluding hydrogens is 448 g/mol. The van der Waals surface area contributed by atoms with Crippen LogP contribution in [0.3, 0.4) is 0 Å². The van der Waals surface area contributed by atoms with Crippen molar-refractivity contribution in [2.45, 2.75) is 16.5 Å². The van der Waals surface area contributed by atoms with Crippen LogP contribution in [0, 0.1) is 23.7 Å². The topological polar surface area (TPSA) is 50.3 Å². The van der Waals surface area contributed by atoms with E-state index in [9.17, 15) is 9.59 Å². The fourth-order valence-electron chi connectivity index (χ4n) is 5.81. The number of thioether (sulfide) groups is 1. The van der Waals surface area contributed by atoms with Crippen LogP contribution >= 0.6 is 23.1 Å². The minimum absolute atomic E-state index is 0.0312. The van der Waals surface area contributed by atoms with E-state index in [0.717, 1.165) is 26.7 Å². The van der Waals surface area contributed by atoms with Gasteiger partial charge < -0.3 is 0 Å². The van der Waals surface area contributed by atoms with Crippen LogP contribution in [-0.2, 0) is 15.3 Å². The van der Waals surface area contributed by atoms with Crippen molar-refractivity contribution < 1.29 is 9.59 Å². The van der Waals surface area contributed by atoms with E-state index in [1.54, 1.807) is 23.1 Å². The first-order chi connectivity index (χ1) is 16.2. The number of rotatable bonds is 4. The first-order valence-electron chi connectivity index (χ1n) is 11.2. The Hall–Kier alpha value is -2.96. The molecule has 7 rings (SSSR count). The standard InChI is InChI=1S/C27H20N2O2S2/c30-25-23-16-8-9-17(12-16)24(23)26(31)29(25)19-10-11-21-22(13-19)33-27(28-21)32-14-18-6-3-5-15-4-1-2-7-20(15)18/h1-11,13,16-17,23-24H,12,14H2/t16-,17-,23-,24+/m0/s1. The third-order valence-electron chi connectivity index (χ3n) is 7.31. The van der Waals surface area contributed by atoms with Crippen LogP contribution in [0.5, 0.6) is 0 Å². The third kappa shape index (κ3) is 2.94. The molecule has 0 unspecified atom stereocenters. The number of amides is 2. The average molecular weight is 469 g/mol. The van der Waals surface area contributed by atoms with Crippen molar-refractivity contribution in [1.29, 1.82) is 0 Å². The van der Waals surface area contributed by atoms with Crippen LogP contribution in [0.2, 0.25) is 0 Å². The zero-order chi connectivity index (χ0) is 22.1. The number of imide groups is 1. The number of fused-ring (bicyclic) bond motifs is 7. The monoisotopic (exact) mass is 468 g/mol. The lowest BCUT2D eigenvalue weighted by Gasteiger charge is -2.17. The van der Waals surface area contributed by atoms with Crippen molar-refractivity contribution >= 4 is 61.6 Å². The molecule has 0 spiro atoms. The smallest absolute Gasteiger partial charge is 0.238 e. The number of thiazole rings is 1.